The third-order valence-electron chi connectivity index (χ3n) is 4.63. The highest BCUT2D eigenvalue weighted by molar-refractivity contribution is 5.90. The van der Waals surface area contributed by atoms with Crippen molar-refractivity contribution in [2.75, 3.05) is 0 Å². The third kappa shape index (κ3) is 3.69. The van der Waals surface area contributed by atoms with Crippen molar-refractivity contribution in [1.82, 2.24) is 20.2 Å². The molecule has 7 heteroatoms. The van der Waals surface area contributed by atoms with Crippen LogP contribution < -0.4 is 4.74 Å². The number of rotatable bonds is 5. The zero-order chi connectivity index (χ0) is 19.5. The van der Waals surface area contributed by atoms with Crippen LogP contribution in [0.3, 0.4) is 0 Å². The standard InChI is InChI=1S/C21H20N4O3/c1-3-15-11-17(13(2)24-25-15)21(26)27-12-16-8-9-22-20(23-16)19-10-14-6-4-5-7-18(14)28-19/h4-9,11,19H,3,10,12H2,1-2H3. The van der Waals surface area contributed by atoms with E-state index in [4.69, 9.17) is 9.47 Å². The molecule has 0 fully saturated rings. The third-order valence-corrected chi connectivity index (χ3v) is 4.63. The van der Waals surface area contributed by atoms with Crippen LogP contribution in [0.15, 0.2) is 42.6 Å². The van der Waals surface area contributed by atoms with Crippen molar-refractivity contribution in [3.8, 4) is 5.75 Å². The predicted octanol–water partition coefficient (Wildman–Crippen LogP) is 3.17. The van der Waals surface area contributed by atoms with Gasteiger partial charge in [0, 0.05) is 12.6 Å². The van der Waals surface area contributed by atoms with Gasteiger partial charge in [0.25, 0.3) is 0 Å². The number of esters is 1. The van der Waals surface area contributed by atoms with E-state index in [2.05, 4.69) is 20.2 Å². The van der Waals surface area contributed by atoms with Gasteiger partial charge in [0.05, 0.1) is 22.6 Å². The molecule has 0 bridgehead atoms. The molecular weight excluding hydrogens is 356 g/mol. The van der Waals surface area contributed by atoms with E-state index in [0.29, 0.717) is 29.2 Å². The van der Waals surface area contributed by atoms with Crippen molar-refractivity contribution in [3.05, 3.63) is 76.6 Å². The van der Waals surface area contributed by atoms with E-state index < -0.39 is 5.97 Å². The summed E-state index contributed by atoms with van der Waals surface area (Å²) < 4.78 is 11.4. The topological polar surface area (TPSA) is 87.1 Å². The van der Waals surface area contributed by atoms with Crippen LogP contribution in [0.4, 0.5) is 0 Å². The van der Waals surface area contributed by atoms with E-state index in [9.17, 15) is 4.79 Å². The maximum atomic E-state index is 12.4. The SMILES string of the molecule is CCc1cc(C(=O)OCc2ccnc(C3Cc4ccccc4O3)n2)c(C)nn1. The van der Waals surface area contributed by atoms with Gasteiger partial charge < -0.3 is 9.47 Å². The Kier molecular flexibility index (Phi) is 4.97. The van der Waals surface area contributed by atoms with E-state index in [-0.39, 0.29) is 12.7 Å². The Morgan fingerprint density at radius 1 is 1.21 bits per heavy atom. The highest BCUT2D eigenvalue weighted by atomic mass is 16.5. The lowest BCUT2D eigenvalue weighted by atomic mass is 10.1. The number of aromatic nitrogens is 4. The normalized spacial score (nSPS) is 15.0. The van der Waals surface area contributed by atoms with Crippen LogP contribution in [0.25, 0.3) is 0 Å². The molecule has 0 radical (unpaired) electrons. The number of nitrogens with zero attached hydrogens (tertiary/aromatic N) is 4. The Bertz CT molecular complexity index is 997. The number of hydrogen-bond acceptors (Lipinski definition) is 7. The lowest BCUT2D eigenvalue weighted by Crippen LogP contribution is -2.13. The molecular formula is C21H20N4O3. The van der Waals surface area contributed by atoms with Crippen LogP contribution in [0.5, 0.6) is 5.75 Å². The maximum absolute atomic E-state index is 12.4. The summed E-state index contributed by atoms with van der Waals surface area (Å²) in [6.07, 6.45) is 2.85. The van der Waals surface area contributed by atoms with Crippen molar-refractivity contribution in [3.63, 3.8) is 0 Å². The molecule has 3 aromatic rings. The number of aryl methyl sites for hydroxylation is 2. The first-order valence-corrected chi connectivity index (χ1v) is 9.20. The Morgan fingerprint density at radius 2 is 2.07 bits per heavy atom. The van der Waals surface area contributed by atoms with Crippen LogP contribution in [0.2, 0.25) is 0 Å². The van der Waals surface area contributed by atoms with E-state index >= 15 is 0 Å². The Balaban J connectivity index is 1.44. The van der Waals surface area contributed by atoms with Gasteiger partial charge in [0.2, 0.25) is 0 Å². The molecule has 1 aromatic carbocycles. The minimum absolute atomic E-state index is 0.0528. The van der Waals surface area contributed by atoms with Gasteiger partial charge in [-0.3, -0.25) is 0 Å². The van der Waals surface area contributed by atoms with Crippen LogP contribution in [0, 0.1) is 6.92 Å². The maximum Gasteiger partial charge on any atom is 0.340 e. The molecule has 1 unspecified atom stereocenters. The summed E-state index contributed by atoms with van der Waals surface area (Å²) in [6.45, 7) is 3.75. The summed E-state index contributed by atoms with van der Waals surface area (Å²) in [5.41, 5.74) is 3.48. The highest BCUT2D eigenvalue weighted by Crippen LogP contribution is 2.34. The quantitative estimate of drug-likeness (QED) is 0.632. The lowest BCUT2D eigenvalue weighted by molar-refractivity contribution is 0.0465. The van der Waals surface area contributed by atoms with Crippen molar-refractivity contribution >= 4 is 5.97 Å². The van der Waals surface area contributed by atoms with Crippen molar-refractivity contribution in [1.29, 1.82) is 0 Å². The molecule has 0 saturated carbocycles. The van der Waals surface area contributed by atoms with Gasteiger partial charge in [-0.15, -0.1) is 0 Å². The molecule has 142 valence electrons. The molecule has 0 N–H and O–H groups in total. The fourth-order valence-corrected chi connectivity index (χ4v) is 3.06. The van der Waals surface area contributed by atoms with Gasteiger partial charge in [0.15, 0.2) is 11.9 Å². The highest BCUT2D eigenvalue weighted by Gasteiger charge is 2.26. The zero-order valence-corrected chi connectivity index (χ0v) is 15.8. The molecule has 0 saturated heterocycles. The summed E-state index contributed by atoms with van der Waals surface area (Å²) in [5, 5.41) is 8.06. The predicted molar refractivity (Wildman–Crippen MR) is 101 cm³/mol. The largest absolute Gasteiger partial charge is 0.482 e. The van der Waals surface area contributed by atoms with Gasteiger partial charge >= 0.3 is 5.97 Å². The summed E-state index contributed by atoms with van der Waals surface area (Å²) in [6, 6.07) is 11.4. The number of para-hydroxylation sites is 1. The second-order valence-electron chi connectivity index (χ2n) is 6.59. The van der Waals surface area contributed by atoms with Crippen molar-refractivity contribution in [2.24, 2.45) is 0 Å². The summed E-state index contributed by atoms with van der Waals surface area (Å²) >= 11 is 0. The second kappa shape index (κ2) is 7.72. The molecule has 1 atom stereocenters. The first kappa shape index (κ1) is 18.0. The van der Waals surface area contributed by atoms with Crippen LogP contribution >= 0.6 is 0 Å². The van der Waals surface area contributed by atoms with Crippen LogP contribution in [-0.2, 0) is 24.2 Å². The van der Waals surface area contributed by atoms with Gasteiger partial charge in [-0.2, -0.15) is 10.2 Å². The first-order chi connectivity index (χ1) is 13.6. The number of hydrogen-bond donors (Lipinski definition) is 0. The van der Waals surface area contributed by atoms with Gasteiger partial charge in [0.1, 0.15) is 12.4 Å². The first-order valence-electron chi connectivity index (χ1n) is 9.20. The monoisotopic (exact) mass is 376 g/mol. The lowest BCUT2D eigenvalue weighted by Gasteiger charge is -2.11. The van der Waals surface area contributed by atoms with Gasteiger partial charge in [-0.25, -0.2) is 14.8 Å². The minimum atomic E-state index is -0.438. The van der Waals surface area contributed by atoms with E-state index in [1.807, 2.05) is 31.2 Å². The van der Waals surface area contributed by atoms with E-state index in [0.717, 1.165) is 23.4 Å². The number of fused-ring (bicyclic) bond motifs is 1. The second-order valence-corrected chi connectivity index (χ2v) is 6.59. The Morgan fingerprint density at radius 3 is 2.89 bits per heavy atom. The average molecular weight is 376 g/mol. The number of carbonyl (C=O) groups excluding carboxylic acids is 1. The number of benzene rings is 1. The average Bonchev–Trinajstić information content (AvgIpc) is 3.17. The smallest absolute Gasteiger partial charge is 0.340 e. The van der Waals surface area contributed by atoms with Crippen LogP contribution in [-0.4, -0.2) is 26.1 Å². The fourth-order valence-electron chi connectivity index (χ4n) is 3.06. The molecule has 1 aliphatic heterocycles. The summed E-state index contributed by atoms with van der Waals surface area (Å²) in [5.74, 6) is 1.01. The number of ether oxygens (including phenoxy) is 2. The fraction of sp³-hybridized carbons (Fsp3) is 0.286. The molecule has 2 aromatic heterocycles. The van der Waals surface area contributed by atoms with Gasteiger partial charge in [-0.1, -0.05) is 25.1 Å². The van der Waals surface area contributed by atoms with Gasteiger partial charge in [-0.05, 0) is 37.1 Å². The van der Waals surface area contributed by atoms with Crippen molar-refractivity contribution < 1.29 is 14.3 Å². The molecule has 4 rings (SSSR count). The molecule has 3 heterocycles. The minimum Gasteiger partial charge on any atom is -0.482 e. The summed E-state index contributed by atoms with van der Waals surface area (Å²) in [7, 11) is 0. The van der Waals surface area contributed by atoms with E-state index in [1.54, 1.807) is 25.3 Å². The molecule has 7 nitrogen and oxygen atoms in total. The summed E-state index contributed by atoms with van der Waals surface area (Å²) in [4.78, 5) is 21.3. The molecule has 1 aliphatic rings. The van der Waals surface area contributed by atoms with Crippen molar-refractivity contribution in [2.45, 2.75) is 39.4 Å². The zero-order valence-electron chi connectivity index (χ0n) is 15.8. The van der Waals surface area contributed by atoms with Crippen LogP contribution in [0.1, 0.15) is 51.9 Å². The van der Waals surface area contributed by atoms with E-state index in [1.165, 1.54) is 0 Å². The molecule has 0 aliphatic carbocycles. The number of carbonyl (C=O) groups is 1. The Labute approximate surface area is 162 Å². The Hall–Kier alpha value is -3.35. The molecule has 28 heavy (non-hydrogen) atoms. The molecule has 0 amide bonds. The molecule has 0 spiro atoms.